The fraction of sp³-hybridized carbons (Fsp3) is 0.318. The maximum Gasteiger partial charge on any atom is 0.320 e. The van der Waals surface area contributed by atoms with Crippen molar-refractivity contribution in [2.45, 2.75) is 19.8 Å². The molecule has 5 heteroatoms. The average Bonchev–Trinajstić information content (AvgIpc) is 2.74. The minimum atomic E-state index is -1.23. The quantitative estimate of drug-likeness (QED) is 0.463. The van der Waals surface area contributed by atoms with Gasteiger partial charge >= 0.3 is 5.97 Å². The van der Waals surface area contributed by atoms with Crippen LogP contribution in [0.15, 0.2) is 60.7 Å². The van der Waals surface area contributed by atoms with E-state index in [0.29, 0.717) is 24.2 Å². The zero-order valence-electron chi connectivity index (χ0n) is 15.4. The van der Waals surface area contributed by atoms with Crippen molar-refractivity contribution in [1.82, 2.24) is 4.90 Å². The Labute approximate surface area is 158 Å². The third kappa shape index (κ3) is 3.77. The minimum Gasteiger partial charge on any atom is -0.465 e. The van der Waals surface area contributed by atoms with Crippen molar-refractivity contribution in [2.75, 3.05) is 19.7 Å². The van der Waals surface area contributed by atoms with Gasteiger partial charge in [0.2, 0.25) is 0 Å². The zero-order valence-corrected chi connectivity index (χ0v) is 15.4. The van der Waals surface area contributed by atoms with E-state index in [4.69, 9.17) is 4.74 Å². The summed E-state index contributed by atoms with van der Waals surface area (Å²) in [5.74, 6) is -0.806. The van der Waals surface area contributed by atoms with E-state index in [0.717, 1.165) is 0 Å². The number of Topliss-reactive ketones (excluding diaryl/α,β-unsaturated/α-hetero) is 1. The van der Waals surface area contributed by atoms with Crippen LogP contribution in [-0.2, 0) is 9.53 Å². The second-order valence-electron chi connectivity index (χ2n) is 6.66. The van der Waals surface area contributed by atoms with E-state index in [-0.39, 0.29) is 31.1 Å². The largest absolute Gasteiger partial charge is 0.465 e. The summed E-state index contributed by atoms with van der Waals surface area (Å²) in [4.78, 5) is 40.3. The van der Waals surface area contributed by atoms with Gasteiger partial charge in [0.25, 0.3) is 5.91 Å². The number of esters is 1. The first-order chi connectivity index (χ1) is 13.1. The Morgan fingerprint density at radius 1 is 0.889 bits per heavy atom. The molecule has 27 heavy (non-hydrogen) atoms. The Kier molecular flexibility index (Phi) is 5.69. The van der Waals surface area contributed by atoms with Crippen molar-refractivity contribution in [2.24, 2.45) is 5.41 Å². The van der Waals surface area contributed by atoms with Gasteiger partial charge in [-0.15, -0.1) is 0 Å². The Bertz CT molecular complexity index is 809. The van der Waals surface area contributed by atoms with Gasteiger partial charge in [0.05, 0.1) is 6.61 Å². The molecule has 1 heterocycles. The zero-order chi connectivity index (χ0) is 19.3. The third-order valence-corrected chi connectivity index (χ3v) is 5.06. The number of benzene rings is 2. The van der Waals surface area contributed by atoms with Gasteiger partial charge in [0.1, 0.15) is 5.41 Å². The summed E-state index contributed by atoms with van der Waals surface area (Å²) in [7, 11) is 0. The molecule has 0 radical (unpaired) electrons. The van der Waals surface area contributed by atoms with Gasteiger partial charge in [-0.25, -0.2) is 0 Å². The van der Waals surface area contributed by atoms with Crippen LogP contribution in [0.25, 0.3) is 0 Å². The lowest BCUT2D eigenvalue weighted by Crippen LogP contribution is -2.51. The van der Waals surface area contributed by atoms with E-state index in [1.165, 1.54) is 0 Å². The number of hydrogen-bond acceptors (Lipinski definition) is 4. The van der Waals surface area contributed by atoms with Gasteiger partial charge in [0, 0.05) is 24.2 Å². The number of ether oxygens (including phenoxy) is 1. The fourth-order valence-electron chi connectivity index (χ4n) is 3.51. The van der Waals surface area contributed by atoms with E-state index < -0.39 is 11.4 Å². The molecule has 3 rings (SSSR count). The molecule has 1 amide bonds. The maximum absolute atomic E-state index is 13.2. The van der Waals surface area contributed by atoms with E-state index in [2.05, 4.69) is 0 Å². The molecule has 0 unspecified atom stereocenters. The van der Waals surface area contributed by atoms with Crippen LogP contribution in [0.2, 0.25) is 0 Å². The molecule has 2 aromatic rings. The highest BCUT2D eigenvalue weighted by molar-refractivity contribution is 6.12. The topological polar surface area (TPSA) is 63.7 Å². The van der Waals surface area contributed by atoms with Crippen LogP contribution < -0.4 is 0 Å². The summed E-state index contributed by atoms with van der Waals surface area (Å²) < 4.78 is 5.24. The number of likely N-dealkylation sites (tertiary alicyclic amines) is 1. The highest BCUT2D eigenvalue weighted by Gasteiger charge is 2.49. The molecule has 0 bridgehead atoms. The lowest BCUT2D eigenvalue weighted by molar-refractivity contribution is -0.154. The number of carbonyl (C=O) groups excluding carboxylic acids is 3. The Morgan fingerprint density at radius 2 is 1.41 bits per heavy atom. The normalized spacial score (nSPS) is 15.8. The number of nitrogens with zero attached hydrogens (tertiary/aromatic N) is 1. The van der Waals surface area contributed by atoms with Crippen LogP contribution in [0.3, 0.4) is 0 Å². The number of ketones is 1. The number of amides is 1. The van der Waals surface area contributed by atoms with Gasteiger partial charge in [0.15, 0.2) is 5.78 Å². The molecule has 140 valence electrons. The van der Waals surface area contributed by atoms with Crippen LogP contribution in [0.5, 0.6) is 0 Å². The summed E-state index contributed by atoms with van der Waals surface area (Å²) in [6, 6.07) is 17.8. The van der Waals surface area contributed by atoms with Gasteiger partial charge < -0.3 is 9.64 Å². The number of hydrogen-bond donors (Lipinski definition) is 0. The SMILES string of the molecule is CCOC(=O)C1(C(=O)c2ccccc2)CCN(C(=O)c2ccccc2)CC1. The molecule has 0 atom stereocenters. The van der Waals surface area contributed by atoms with Crippen LogP contribution in [0.4, 0.5) is 0 Å². The Morgan fingerprint density at radius 3 is 1.93 bits per heavy atom. The molecule has 0 aliphatic carbocycles. The van der Waals surface area contributed by atoms with Crippen molar-refractivity contribution < 1.29 is 19.1 Å². The lowest BCUT2D eigenvalue weighted by Gasteiger charge is -2.38. The van der Waals surface area contributed by atoms with Crippen molar-refractivity contribution in [3.8, 4) is 0 Å². The van der Waals surface area contributed by atoms with Gasteiger partial charge in [-0.05, 0) is 31.9 Å². The summed E-state index contributed by atoms with van der Waals surface area (Å²) in [6.07, 6.45) is 0.524. The Balaban J connectivity index is 1.82. The van der Waals surface area contributed by atoms with Crippen LogP contribution >= 0.6 is 0 Å². The molecule has 2 aromatic carbocycles. The highest BCUT2D eigenvalue weighted by Crippen LogP contribution is 2.37. The van der Waals surface area contributed by atoms with Gasteiger partial charge in [-0.3, -0.25) is 14.4 Å². The number of piperidine rings is 1. The van der Waals surface area contributed by atoms with Crippen molar-refractivity contribution >= 4 is 17.7 Å². The monoisotopic (exact) mass is 365 g/mol. The van der Waals surface area contributed by atoms with E-state index in [1.54, 1.807) is 48.2 Å². The fourth-order valence-corrected chi connectivity index (χ4v) is 3.51. The summed E-state index contributed by atoms with van der Waals surface area (Å²) in [5, 5.41) is 0. The first-order valence-electron chi connectivity index (χ1n) is 9.20. The first-order valence-corrected chi connectivity index (χ1v) is 9.20. The lowest BCUT2D eigenvalue weighted by atomic mass is 9.72. The van der Waals surface area contributed by atoms with Crippen molar-refractivity contribution in [3.05, 3.63) is 71.8 Å². The number of rotatable bonds is 5. The molecule has 5 nitrogen and oxygen atoms in total. The Hall–Kier alpha value is -2.95. The molecule has 1 aliphatic heterocycles. The molecule has 0 spiro atoms. The predicted molar refractivity (Wildman–Crippen MR) is 101 cm³/mol. The molecule has 0 aromatic heterocycles. The molecular formula is C22H23NO4. The average molecular weight is 365 g/mol. The molecule has 0 N–H and O–H groups in total. The van der Waals surface area contributed by atoms with Gasteiger partial charge in [-0.1, -0.05) is 48.5 Å². The smallest absolute Gasteiger partial charge is 0.320 e. The first kappa shape index (κ1) is 18.8. The third-order valence-electron chi connectivity index (χ3n) is 5.06. The molecule has 1 fully saturated rings. The van der Waals surface area contributed by atoms with Gasteiger partial charge in [-0.2, -0.15) is 0 Å². The molecule has 1 saturated heterocycles. The van der Waals surface area contributed by atoms with E-state index >= 15 is 0 Å². The maximum atomic E-state index is 13.2. The molecular weight excluding hydrogens is 342 g/mol. The molecule has 0 saturated carbocycles. The van der Waals surface area contributed by atoms with Crippen LogP contribution in [0.1, 0.15) is 40.5 Å². The van der Waals surface area contributed by atoms with Crippen LogP contribution in [0, 0.1) is 5.41 Å². The standard InChI is InChI=1S/C22H23NO4/c1-2-27-21(26)22(19(24)17-9-5-3-6-10-17)13-15-23(16-14-22)20(25)18-11-7-4-8-12-18/h3-12H,2,13-16H2,1H3. The van der Waals surface area contributed by atoms with Crippen molar-refractivity contribution in [3.63, 3.8) is 0 Å². The van der Waals surface area contributed by atoms with Crippen molar-refractivity contribution in [1.29, 1.82) is 0 Å². The summed E-state index contributed by atoms with van der Waals surface area (Å²) in [5.41, 5.74) is -0.130. The second kappa shape index (κ2) is 8.16. The predicted octanol–water partition coefficient (Wildman–Crippen LogP) is 3.36. The second-order valence-corrected chi connectivity index (χ2v) is 6.66. The van der Waals surface area contributed by atoms with E-state index in [9.17, 15) is 14.4 Å². The summed E-state index contributed by atoms with van der Waals surface area (Å²) >= 11 is 0. The van der Waals surface area contributed by atoms with E-state index in [1.807, 2.05) is 24.3 Å². The van der Waals surface area contributed by atoms with Crippen LogP contribution in [-0.4, -0.2) is 42.3 Å². The highest BCUT2D eigenvalue weighted by atomic mass is 16.5. The molecule has 1 aliphatic rings. The minimum absolute atomic E-state index is 0.0831. The summed E-state index contributed by atoms with van der Waals surface area (Å²) in [6.45, 7) is 2.62. The number of carbonyl (C=O) groups is 3.